The third kappa shape index (κ3) is 9.07. The van der Waals surface area contributed by atoms with E-state index >= 15 is 0 Å². The van der Waals surface area contributed by atoms with E-state index in [-0.39, 0.29) is 24.1 Å². The van der Waals surface area contributed by atoms with Gasteiger partial charge in [0.2, 0.25) is 15.9 Å². The van der Waals surface area contributed by atoms with E-state index in [1.165, 1.54) is 17.1 Å². The highest BCUT2D eigenvalue weighted by Crippen LogP contribution is 2.26. The first kappa shape index (κ1) is 29.6. The predicted molar refractivity (Wildman–Crippen MR) is 149 cm³/mol. The lowest BCUT2D eigenvalue weighted by Gasteiger charge is -2.29. The number of fused-ring (bicyclic) bond motifs is 1. The minimum atomic E-state index is -3.34. The molecule has 2 heterocycles. The van der Waals surface area contributed by atoms with Gasteiger partial charge in [0.05, 0.1) is 5.75 Å². The zero-order chi connectivity index (χ0) is 26.8. The molecule has 0 unspecified atom stereocenters. The molecule has 0 aromatic heterocycles. The molecule has 0 spiro atoms. The fourth-order valence-electron chi connectivity index (χ4n) is 5.14. The summed E-state index contributed by atoms with van der Waals surface area (Å²) in [6.07, 6.45) is 8.47. The molecule has 2 aliphatic rings. The Labute approximate surface area is 223 Å². The second-order valence-corrected chi connectivity index (χ2v) is 13.0. The van der Waals surface area contributed by atoms with Crippen molar-refractivity contribution in [3.05, 3.63) is 29.3 Å². The number of rotatable bonds is 8. The van der Waals surface area contributed by atoms with Crippen LogP contribution in [0.5, 0.6) is 0 Å². The average molecular weight is 535 g/mol. The average Bonchev–Trinajstić information content (AvgIpc) is 3.39. The van der Waals surface area contributed by atoms with Crippen molar-refractivity contribution in [2.75, 3.05) is 49.9 Å². The summed E-state index contributed by atoms with van der Waals surface area (Å²) in [4.78, 5) is 29.9. The summed E-state index contributed by atoms with van der Waals surface area (Å²) < 4.78 is 26.5. The number of nitrogens with zero attached hydrogens (tertiary/aromatic N) is 3. The van der Waals surface area contributed by atoms with Crippen LogP contribution in [-0.4, -0.2) is 74.5 Å². The minimum Gasteiger partial charge on any atom is -0.351 e. The fourth-order valence-corrected chi connectivity index (χ4v) is 6.58. The van der Waals surface area contributed by atoms with Crippen LogP contribution in [0, 0.1) is 5.92 Å². The quantitative estimate of drug-likeness (QED) is 0.544. The Bertz CT molecular complexity index is 1010. The molecule has 37 heavy (non-hydrogen) atoms. The topological polar surface area (TPSA) is 90.0 Å². The van der Waals surface area contributed by atoms with E-state index in [2.05, 4.69) is 24.1 Å². The Balaban J connectivity index is 1.79. The summed E-state index contributed by atoms with van der Waals surface area (Å²) in [6, 6.07) is 5.53. The number of carbonyl (C=O) groups is 2. The standard InChI is InChI=1S/C28H46N4O4S/c1-23(2)13-19-30-15-7-5-4-6-8-18-32(24(3)33)27-12-11-25(21-26(27)22-30)28(34)29-14-20-37(35,36)31-16-9-10-17-31/h11-12,21,23H,4-10,13-20,22H2,1-3H3,(H,29,34). The van der Waals surface area contributed by atoms with Crippen LogP contribution < -0.4 is 10.2 Å². The molecule has 3 rings (SSSR count). The van der Waals surface area contributed by atoms with Crippen molar-refractivity contribution in [3.8, 4) is 0 Å². The van der Waals surface area contributed by atoms with Gasteiger partial charge in [0.15, 0.2) is 0 Å². The van der Waals surface area contributed by atoms with Crippen LogP contribution in [0.15, 0.2) is 18.2 Å². The van der Waals surface area contributed by atoms with Crippen molar-refractivity contribution in [2.24, 2.45) is 5.92 Å². The Kier molecular flexibility index (Phi) is 11.4. The van der Waals surface area contributed by atoms with Gasteiger partial charge < -0.3 is 10.2 Å². The number of carbonyl (C=O) groups excluding carboxylic acids is 2. The van der Waals surface area contributed by atoms with Gasteiger partial charge in [-0.2, -0.15) is 0 Å². The van der Waals surface area contributed by atoms with Crippen LogP contribution in [0.1, 0.15) is 88.1 Å². The lowest BCUT2D eigenvalue weighted by atomic mass is 10.0. The molecule has 1 aromatic rings. The fraction of sp³-hybridized carbons (Fsp3) is 0.714. The lowest BCUT2D eigenvalue weighted by Crippen LogP contribution is -2.36. The number of amides is 2. The zero-order valence-electron chi connectivity index (χ0n) is 23.0. The van der Waals surface area contributed by atoms with Gasteiger partial charge in [-0.05, 0) is 74.9 Å². The van der Waals surface area contributed by atoms with E-state index in [1.54, 1.807) is 13.0 Å². The maximum Gasteiger partial charge on any atom is 0.251 e. The summed E-state index contributed by atoms with van der Waals surface area (Å²) in [5.74, 6) is 0.235. The van der Waals surface area contributed by atoms with Gasteiger partial charge >= 0.3 is 0 Å². The Morgan fingerprint density at radius 3 is 2.27 bits per heavy atom. The Morgan fingerprint density at radius 1 is 0.946 bits per heavy atom. The van der Waals surface area contributed by atoms with Gasteiger partial charge in [-0.1, -0.05) is 33.1 Å². The SMILES string of the molecule is CC(=O)N1CCCCCCCN(CCC(C)C)Cc2cc(C(=O)NCCS(=O)(=O)N3CCCC3)ccc21. The molecule has 0 bridgehead atoms. The highest BCUT2D eigenvalue weighted by Gasteiger charge is 2.25. The summed E-state index contributed by atoms with van der Waals surface area (Å²) >= 11 is 0. The molecule has 0 radical (unpaired) electrons. The summed E-state index contributed by atoms with van der Waals surface area (Å²) in [7, 11) is -3.34. The molecule has 208 valence electrons. The number of hydrogen-bond acceptors (Lipinski definition) is 5. The number of anilines is 1. The molecular formula is C28H46N4O4S. The Hall–Kier alpha value is -1.97. The molecule has 8 nitrogen and oxygen atoms in total. The van der Waals surface area contributed by atoms with Gasteiger partial charge in [0, 0.05) is 50.9 Å². The maximum atomic E-state index is 13.0. The van der Waals surface area contributed by atoms with E-state index in [0.717, 1.165) is 62.9 Å². The largest absolute Gasteiger partial charge is 0.351 e. The van der Waals surface area contributed by atoms with Crippen LogP contribution in [0.4, 0.5) is 5.69 Å². The first-order valence-electron chi connectivity index (χ1n) is 14.1. The molecule has 0 aliphatic carbocycles. The summed E-state index contributed by atoms with van der Waals surface area (Å²) in [5, 5.41) is 2.80. The summed E-state index contributed by atoms with van der Waals surface area (Å²) in [6.45, 7) is 10.6. The van der Waals surface area contributed by atoms with E-state index in [1.807, 2.05) is 17.0 Å². The van der Waals surface area contributed by atoms with Gasteiger partial charge in [-0.3, -0.25) is 14.5 Å². The maximum absolute atomic E-state index is 13.0. The smallest absolute Gasteiger partial charge is 0.251 e. The number of nitrogens with one attached hydrogen (secondary N) is 1. The normalized spacial score (nSPS) is 18.8. The molecule has 2 aliphatic heterocycles. The van der Waals surface area contributed by atoms with Crippen LogP contribution in [0.25, 0.3) is 0 Å². The van der Waals surface area contributed by atoms with E-state index in [4.69, 9.17) is 0 Å². The molecule has 1 saturated heterocycles. The van der Waals surface area contributed by atoms with Gasteiger partial charge in [-0.15, -0.1) is 0 Å². The van der Waals surface area contributed by atoms with Gasteiger partial charge in [-0.25, -0.2) is 12.7 Å². The van der Waals surface area contributed by atoms with E-state index < -0.39 is 10.0 Å². The first-order chi connectivity index (χ1) is 17.7. The number of benzene rings is 1. The van der Waals surface area contributed by atoms with Crippen LogP contribution in [0.3, 0.4) is 0 Å². The Morgan fingerprint density at radius 2 is 1.59 bits per heavy atom. The molecule has 9 heteroatoms. The van der Waals surface area contributed by atoms with Gasteiger partial charge in [0.1, 0.15) is 0 Å². The second-order valence-electron chi connectivity index (χ2n) is 10.9. The zero-order valence-corrected chi connectivity index (χ0v) is 23.8. The molecule has 1 aromatic carbocycles. The van der Waals surface area contributed by atoms with Crippen molar-refractivity contribution < 1.29 is 18.0 Å². The van der Waals surface area contributed by atoms with Crippen molar-refractivity contribution in [3.63, 3.8) is 0 Å². The first-order valence-corrected chi connectivity index (χ1v) is 15.7. The van der Waals surface area contributed by atoms with Crippen molar-refractivity contribution in [2.45, 2.75) is 78.7 Å². The molecule has 2 amide bonds. The third-order valence-electron chi connectivity index (χ3n) is 7.39. The predicted octanol–water partition coefficient (Wildman–Crippen LogP) is 4.01. The lowest BCUT2D eigenvalue weighted by molar-refractivity contribution is -0.116. The van der Waals surface area contributed by atoms with Crippen molar-refractivity contribution >= 4 is 27.5 Å². The summed E-state index contributed by atoms with van der Waals surface area (Å²) in [5.41, 5.74) is 2.34. The van der Waals surface area contributed by atoms with Crippen LogP contribution >= 0.6 is 0 Å². The minimum absolute atomic E-state index is 0.0105. The molecular weight excluding hydrogens is 488 g/mol. The molecule has 0 saturated carbocycles. The van der Waals surface area contributed by atoms with Gasteiger partial charge in [0.25, 0.3) is 5.91 Å². The van der Waals surface area contributed by atoms with Crippen molar-refractivity contribution in [1.29, 1.82) is 0 Å². The number of sulfonamides is 1. The molecule has 0 atom stereocenters. The van der Waals surface area contributed by atoms with Crippen molar-refractivity contribution in [1.82, 2.24) is 14.5 Å². The number of hydrogen-bond donors (Lipinski definition) is 1. The third-order valence-corrected chi connectivity index (χ3v) is 9.26. The van der Waals surface area contributed by atoms with E-state index in [9.17, 15) is 18.0 Å². The van der Waals surface area contributed by atoms with E-state index in [0.29, 0.717) is 37.7 Å². The highest BCUT2D eigenvalue weighted by atomic mass is 32.2. The highest BCUT2D eigenvalue weighted by molar-refractivity contribution is 7.89. The molecule has 1 fully saturated rings. The van der Waals surface area contributed by atoms with Crippen LogP contribution in [0.2, 0.25) is 0 Å². The second kappa shape index (κ2) is 14.3. The monoisotopic (exact) mass is 534 g/mol. The molecule has 1 N–H and O–H groups in total. The van der Waals surface area contributed by atoms with Crippen LogP contribution in [-0.2, 0) is 21.4 Å².